The van der Waals surface area contributed by atoms with Crippen LogP contribution in [0.3, 0.4) is 0 Å². The second-order valence-electron chi connectivity index (χ2n) is 4.38. The van der Waals surface area contributed by atoms with Crippen LogP contribution in [0, 0.1) is 5.92 Å². The molecule has 0 radical (unpaired) electrons. The molecule has 0 aromatic carbocycles. The molecule has 0 spiro atoms. The van der Waals surface area contributed by atoms with Crippen molar-refractivity contribution in [2.75, 3.05) is 5.01 Å². The number of pyridine rings is 1. The van der Waals surface area contributed by atoms with Crippen LogP contribution in [0.15, 0.2) is 17.4 Å². The number of rotatable bonds is 2. The van der Waals surface area contributed by atoms with Crippen molar-refractivity contribution in [3.63, 3.8) is 0 Å². The molecule has 1 aliphatic rings. The summed E-state index contributed by atoms with van der Waals surface area (Å²) in [7, 11) is 0. The quantitative estimate of drug-likeness (QED) is 0.839. The van der Waals surface area contributed by atoms with E-state index < -0.39 is 11.7 Å². The van der Waals surface area contributed by atoms with Crippen LogP contribution in [-0.2, 0) is 11.0 Å². The van der Waals surface area contributed by atoms with E-state index in [1.54, 1.807) is 6.92 Å². The Morgan fingerprint density at radius 3 is 2.55 bits per heavy atom. The van der Waals surface area contributed by atoms with Crippen LogP contribution in [0.25, 0.3) is 0 Å². The van der Waals surface area contributed by atoms with Crippen molar-refractivity contribution >= 4 is 29.0 Å². The molecule has 0 bridgehead atoms. The normalized spacial score (nSPS) is 19.5. The fourth-order valence-electron chi connectivity index (χ4n) is 1.97. The summed E-state index contributed by atoms with van der Waals surface area (Å²) in [6.07, 6.45) is -3.34. The zero-order valence-corrected chi connectivity index (χ0v) is 11.5. The second kappa shape index (κ2) is 5.05. The van der Waals surface area contributed by atoms with Crippen LogP contribution in [0.4, 0.5) is 19.0 Å². The number of halogens is 4. The Morgan fingerprint density at radius 1 is 1.45 bits per heavy atom. The topological polar surface area (TPSA) is 45.6 Å². The minimum atomic E-state index is -4.53. The molecule has 4 nitrogen and oxygen atoms in total. The lowest BCUT2D eigenvalue weighted by Crippen LogP contribution is -2.27. The minimum Gasteiger partial charge on any atom is -0.272 e. The first-order valence-electron chi connectivity index (χ1n) is 5.87. The van der Waals surface area contributed by atoms with E-state index in [2.05, 4.69) is 10.1 Å². The summed E-state index contributed by atoms with van der Waals surface area (Å²) in [4.78, 5) is 15.7. The van der Waals surface area contributed by atoms with E-state index in [4.69, 9.17) is 11.6 Å². The maximum absolute atomic E-state index is 12.5. The Kier molecular flexibility index (Phi) is 3.73. The predicted octanol–water partition coefficient (Wildman–Crippen LogP) is 3.50. The van der Waals surface area contributed by atoms with Crippen molar-refractivity contribution in [2.24, 2.45) is 11.0 Å². The van der Waals surface area contributed by atoms with Gasteiger partial charge in [0.05, 0.1) is 16.5 Å². The Balaban J connectivity index is 2.39. The van der Waals surface area contributed by atoms with Crippen LogP contribution >= 0.6 is 11.6 Å². The number of anilines is 1. The van der Waals surface area contributed by atoms with Gasteiger partial charge < -0.3 is 0 Å². The Labute approximate surface area is 118 Å². The lowest BCUT2D eigenvalue weighted by molar-refractivity contribution is -0.137. The zero-order chi connectivity index (χ0) is 15.1. The highest BCUT2D eigenvalue weighted by molar-refractivity contribution is 6.34. The summed E-state index contributed by atoms with van der Waals surface area (Å²) >= 11 is 5.79. The number of aromatic nitrogens is 1. The first kappa shape index (κ1) is 14.8. The number of carbonyl (C=O) groups is 1. The third-order valence-electron chi connectivity index (χ3n) is 3.03. The maximum atomic E-state index is 12.5. The molecule has 108 valence electrons. The summed E-state index contributed by atoms with van der Waals surface area (Å²) in [5.74, 6) is -0.797. The van der Waals surface area contributed by atoms with Crippen molar-refractivity contribution in [1.29, 1.82) is 0 Å². The summed E-state index contributed by atoms with van der Waals surface area (Å²) in [6, 6.07) is 0.737. The van der Waals surface area contributed by atoms with Gasteiger partial charge in [-0.15, -0.1) is 0 Å². The SMILES string of the molecule is CCC1C(=O)N(c2ncc(C(F)(F)F)cc2Cl)N=C1C. The molecular weight excluding hydrogens is 295 g/mol. The van der Waals surface area contributed by atoms with E-state index in [1.165, 1.54) is 0 Å². The van der Waals surface area contributed by atoms with Crippen LogP contribution < -0.4 is 5.01 Å². The van der Waals surface area contributed by atoms with Crippen LogP contribution in [0.5, 0.6) is 0 Å². The average Bonchev–Trinajstić information content (AvgIpc) is 2.63. The van der Waals surface area contributed by atoms with E-state index in [-0.39, 0.29) is 22.7 Å². The van der Waals surface area contributed by atoms with Crippen molar-refractivity contribution in [2.45, 2.75) is 26.4 Å². The number of hydrogen-bond acceptors (Lipinski definition) is 3. The molecule has 1 aromatic rings. The molecule has 1 aliphatic heterocycles. The monoisotopic (exact) mass is 305 g/mol. The van der Waals surface area contributed by atoms with Gasteiger partial charge in [-0.3, -0.25) is 4.79 Å². The highest BCUT2D eigenvalue weighted by Crippen LogP contribution is 2.35. The van der Waals surface area contributed by atoms with E-state index in [9.17, 15) is 18.0 Å². The standard InChI is InChI=1S/C12H11ClF3N3O/c1-3-8-6(2)18-19(11(8)20)10-9(13)4-7(5-17-10)12(14,15)16/h4-5,8H,3H2,1-2H3. The van der Waals surface area contributed by atoms with Crippen molar-refractivity contribution in [1.82, 2.24) is 4.98 Å². The lowest BCUT2D eigenvalue weighted by Gasteiger charge is -2.15. The van der Waals surface area contributed by atoms with Gasteiger partial charge in [-0.25, -0.2) is 4.98 Å². The number of carbonyl (C=O) groups excluding carboxylic acids is 1. The molecule has 1 aromatic heterocycles. The summed E-state index contributed by atoms with van der Waals surface area (Å²) < 4.78 is 37.6. The van der Waals surface area contributed by atoms with E-state index in [0.29, 0.717) is 18.3 Å². The number of hydrazone groups is 1. The summed E-state index contributed by atoms with van der Waals surface area (Å²) in [6.45, 7) is 3.51. The van der Waals surface area contributed by atoms with Gasteiger partial charge in [-0.2, -0.15) is 23.3 Å². The third kappa shape index (κ3) is 2.49. The highest BCUT2D eigenvalue weighted by Gasteiger charge is 2.36. The molecule has 2 rings (SSSR count). The molecule has 1 atom stereocenters. The van der Waals surface area contributed by atoms with Crippen molar-refractivity contribution in [3.8, 4) is 0 Å². The maximum Gasteiger partial charge on any atom is 0.417 e. The lowest BCUT2D eigenvalue weighted by atomic mass is 10.0. The van der Waals surface area contributed by atoms with Gasteiger partial charge in [0, 0.05) is 11.9 Å². The molecule has 20 heavy (non-hydrogen) atoms. The second-order valence-corrected chi connectivity index (χ2v) is 4.79. The molecule has 1 amide bonds. The van der Waals surface area contributed by atoms with Gasteiger partial charge in [0.1, 0.15) is 0 Å². The van der Waals surface area contributed by atoms with Gasteiger partial charge in [0.15, 0.2) is 5.82 Å². The van der Waals surface area contributed by atoms with Gasteiger partial charge >= 0.3 is 6.18 Å². The first-order valence-corrected chi connectivity index (χ1v) is 6.25. The third-order valence-corrected chi connectivity index (χ3v) is 3.30. The van der Waals surface area contributed by atoms with E-state index in [1.807, 2.05) is 6.92 Å². The smallest absolute Gasteiger partial charge is 0.272 e. The van der Waals surface area contributed by atoms with Crippen molar-refractivity contribution in [3.05, 3.63) is 22.8 Å². The van der Waals surface area contributed by atoms with Gasteiger partial charge in [0.25, 0.3) is 5.91 Å². The highest BCUT2D eigenvalue weighted by atomic mass is 35.5. The van der Waals surface area contributed by atoms with Crippen LogP contribution in [-0.4, -0.2) is 16.6 Å². The molecule has 0 N–H and O–H groups in total. The zero-order valence-electron chi connectivity index (χ0n) is 10.7. The molecule has 8 heteroatoms. The summed E-state index contributed by atoms with van der Waals surface area (Å²) in [5, 5.41) is 4.72. The predicted molar refractivity (Wildman–Crippen MR) is 68.6 cm³/mol. The Hall–Kier alpha value is -1.63. The molecule has 0 saturated carbocycles. The van der Waals surface area contributed by atoms with Crippen LogP contribution in [0.1, 0.15) is 25.8 Å². The largest absolute Gasteiger partial charge is 0.417 e. The Morgan fingerprint density at radius 2 is 2.10 bits per heavy atom. The first-order chi connectivity index (χ1) is 9.25. The van der Waals surface area contributed by atoms with Gasteiger partial charge in [-0.05, 0) is 19.4 Å². The van der Waals surface area contributed by atoms with E-state index in [0.717, 1.165) is 11.1 Å². The number of alkyl halides is 3. The fraction of sp³-hybridized carbons (Fsp3) is 0.417. The number of nitrogens with zero attached hydrogens (tertiary/aromatic N) is 3. The summed E-state index contributed by atoms with van der Waals surface area (Å²) in [5.41, 5.74) is -0.374. The molecule has 0 saturated heterocycles. The van der Waals surface area contributed by atoms with Gasteiger partial charge in [0.2, 0.25) is 0 Å². The molecule has 0 fully saturated rings. The fourth-order valence-corrected chi connectivity index (χ4v) is 2.21. The van der Waals surface area contributed by atoms with Crippen LogP contribution in [0.2, 0.25) is 5.02 Å². The molecule has 2 heterocycles. The molecular formula is C12H11ClF3N3O. The minimum absolute atomic E-state index is 0.0834. The molecule has 1 unspecified atom stereocenters. The molecule has 0 aliphatic carbocycles. The number of hydrogen-bond donors (Lipinski definition) is 0. The average molecular weight is 306 g/mol. The number of amides is 1. The van der Waals surface area contributed by atoms with Crippen molar-refractivity contribution < 1.29 is 18.0 Å². The Bertz CT molecular complexity index is 586. The van der Waals surface area contributed by atoms with E-state index >= 15 is 0 Å². The van der Waals surface area contributed by atoms with Gasteiger partial charge in [-0.1, -0.05) is 18.5 Å².